The molecule has 0 saturated carbocycles. The molecule has 2 aromatic rings. The number of aliphatic hydroxyl groups is 1. The highest BCUT2D eigenvalue weighted by Crippen LogP contribution is 2.27. The fourth-order valence-corrected chi connectivity index (χ4v) is 1.92. The summed E-state index contributed by atoms with van der Waals surface area (Å²) in [5, 5.41) is 19.4. The van der Waals surface area contributed by atoms with Crippen LogP contribution in [0.4, 0.5) is 0 Å². The van der Waals surface area contributed by atoms with E-state index < -0.39 is 0 Å². The van der Waals surface area contributed by atoms with Gasteiger partial charge in [-0.1, -0.05) is 32.9 Å². The summed E-state index contributed by atoms with van der Waals surface area (Å²) in [5.41, 5.74) is 1.77. The molecule has 0 fully saturated rings. The summed E-state index contributed by atoms with van der Waals surface area (Å²) in [7, 11) is 0. The first-order chi connectivity index (χ1) is 8.90. The van der Waals surface area contributed by atoms with E-state index in [0.717, 1.165) is 11.0 Å². The van der Waals surface area contributed by atoms with Crippen LogP contribution in [-0.2, 0) is 0 Å². The van der Waals surface area contributed by atoms with E-state index in [4.69, 9.17) is 0 Å². The van der Waals surface area contributed by atoms with Crippen LogP contribution in [0, 0.1) is 16.7 Å². The predicted octanol–water partition coefficient (Wildman–Crippen LogP) is 3.79. The number of fused-ring (bicyclic) bond motifs is 1. The smallest absolute Gasteiger partial charge is 0.152 e. The molecule has 4 nitrogen and oxygen atoms in total. The van der Waals surface area contributed by atoms with Gasteiger partial charge in [0.2, 0.25) is 0 Å². The van der Waals surface area contributed by atoms with Gasteiger partial charge in [0.15, 0.2) is 5.82 Å². The molecule has 0 aliphatic carbocycles. The van der Waals surface area contributed by atoms with Crippen molar-refractivity contribution in [2.75, 3.05) is 0 Å². The predicted molar refractivity (Wildman–Crippen MR) is 75.3 cm³/mol. The minimum atomic E-state index is -0.0851. The SMILES string of the molecule is CC(C)(C)C/C(O)=C(/C#N)c1nc2ccccc2[nH]1. The summed E-state index contributed by atoms with van der Waals surface area (Å²) in [6, 6.07) is 9.58. The lowest BCUT2D eigenvalue weighted by Gasteiger charge is -2.17. The van der Waals surface area contributed by atoms with Gasteiger partial charge in [-0.25, -0.2) is 4.98 Å². The van der Waals surface area contributed by atoms with Crippen molar-refractivity contribution in [3.05, 3.63) is 35.8 Å². The Morgan fingerprint density at radius 1 is 1.37 bits per heavy atom. The number of aliphatic hydroxyl groups excluding tert-OH is 1. The first kappa shape index (κ1) is 13.2. The minimum absolute atomic E-state index is 0.0778. The van der Waals surface area contributed by atoms with Crippen molar-refractivity contribution in [3.8, 4) is 6.07 Å². The molecule has 0 radical (unpaired) electrons. The number of imidazole rings is 1. The van der Waals surface area contributed by atoms with Crippen LogP contribution in [-0.4, -0.2) is 15.1 Å². The molecule has 0 spiro atoms. The third-order valence-electron chi connectivity index (χ3n) is 2.72. The molecular formula is C15H17N3O. The van der Waals surface area contributed by atoms with Crippen molar-refractivity contribution in [2.45, 2.75) is 27.2 Å². The highest BCUT2D eigenvalue weighted by molar-refractivity contribution is 5.82. The van der Waals surface area contributed by atoms with Crippen molar-refractivity contribution in [1.29, 1.82) is 5.26 Å². The van der Waals surface area contributed by atoms with Gasteiger partial charge >= 0.3 is 0 Å². The zero-order chi connectivity index (χ0) is 14.0. The fraction of sp³-hybridized carbons (Fsp3) is 0.333. The van der Waals surface area contributed by atoms with Crippen LogP contribution in [0.25, 0.3) is 16.6 Å². The van der Waals surface area contributed by atoms with Crippen molar-refractivity contribution < 1.29 is 5.11 Å². The highest BCUT2D eigenvalue weighted by atomic mass is 16.3. The molecule has 98 valence electrons. The van der Waals surface area contributed by atoms with Gasteiger partial charge in [0.1, 0.15) is 17.4 Å². The Hall–Kier alpha value is -2.28. The zero-order valence-electron chi connectivity index (χ0n) is 11.4. The molecule has 0 bridgehead atoms. The lowest BCUT2D eigenvalue weighted by Crippen LogP contribution is -2.07. The number of H-pyrrole nitrogens is 1. The molecule has 0 aliphatic heterocycles. The number of nitrogens with one attached hydrogen (secondary N) is 1. The van der Waals surface area contributed by atoms with Gasteiger partial charge in [-0.05, 0) is 17.5 Å². The Balaban J connectivity index is 2.47. The topological polar surface area (TPSA) is 72.7 Å². The van der Waals surface area contributed by atoms with E-state index in [1.807, 2.05) is 51.1 Å². The standard InChI is InChI=1S/C15H17N3O/c1-15(2,3)8-13(19)10(9-16)14-17-11-6-4-5-7-12(11)18-14/h4-7,19H,8H2,1-3H3,(H,17,18)/b13-10+. The summed E-state index contributed by atoms with van der Waals surface area (Å²) >= 11 is 0. The zero-order valence-corrected chi connectivity index (χ0v) is 11.4. The van der Waals surface area contributed by atoms with E-state index in [1.54, 1.807) is 0 Å². The Bertz CT molecular complexity index is 635. The molecule has 0 atom stereocenters. The van der Waals surface area contributed by atoms with Crippen molar-refractivity contribution >= 4 is 16.6 Å². The number of hydrogen-bond donors (Lipinski definition) is 2. The molecule has 0 unspecified atom stereocenters. The second-order valence-electron chi connectivity index (χ2n) is 5.77. The van der Waals surface area contributed by atoms with Gasteiger partial charge in [0.25, 0.3) is 0 Å². The third kappa shape index (κ3) is 2.94. The molecule has 1 aromatic carbocycles. The van der Waals surface area contributed by atoms with E-state index >= 15 is 0 Å². The summed E-state index contributed by atoms with van der Waals surface area (Å²) in [4.78, 5) is 7.40. The maximum atomic E-state index is 10.1. The van der Waals surface area contributed by atoms with Gasteiger partial charge in [-0.15, -0.1) is 0 Å². The molecule has 2 rings (SSSR count). The number of benzene rings is 1. The monoisotopic (exact) mass is 255 g/mol. The van der Waals surface area contributed by atoms with Gasteiger partial charge in [0, 0.05) is 6.42 Å². The first-order valence-corrected chi connectivity index (χ1v) is 6.18. The molecule has 0 amide bonds. The number of nitriles is 1. The Morgan fingerprint density at radius 2 is 2.05 bits per heavy atom. The highest BCUT2D eigenvalue weighted by Gasteiger charge is 2.18. The number of nitrogens with zero attached hydrogens (tertiary/aromatic N) is 2. The average Bonchev–Trinajstić information content (AvgIpc) is 2.70. The maximum absolute atomic E-state index is 10.1. The average molecular weight is 255 g/mol. The van der Waals surface area contributed by atoms with E-state index in [0.29, 0.717) is 12.2 Å². The largest absolute Gasteiger partial charge is 0.511 e. The van der Waals surface area contributed by atoms with Crippen molar-refractivity contribution in [1.82, 2.24) is 9.97 Å². The van der Waals surface area contributed by atoms with Crippen LogP contribution in [0.15, 0.2) is 30.0 Å². The molecular weight excluding hydrogens is 238 g/mol. The Kier molecular flexibility index (Phi) is 3.30. The Labute approximate surface area is 112 Å². The van der Waals surface area contributed by atoms with Crippen molar-refractivity contribution in [2.24, 2.45) is 5.41 Å². The quantitative estimate of drug-likeness (QED) is 0.633. The summed E-state index contributed by atoms with van der Waals surface area (Å²) < 4.78 is 0. The van der Waals surface area contributed by atoms with Gasteiger partial charge < -0.3 is 10.1 Å². The molecule has 19 heavy (non-hydrogen) atoms. The van der Waals surface area contributed by atoms with Crippen LogP contribution in [0.5, 0.6) is 0 Å². The van der Waals surface area contributed by atoms with E-state index in [1.165, 1.54) is 0 Å². The minimum Gasteiger partial charge on any atom is -0.511 e. The van der Waals surface area contributed by atoms with Gasteiger partial charge in [-0.3, -0.25) is 0 Å². The lowest BCUT2D eigenvalue weighted by atomic mass is 9.90. The van der Waals surface area contributed by atoms with E-state index in [9.17, 15) is 10.4 Å². The molecule has 1 aromatic heterocycles. The number of hydrogen-bond acceptors (Lipinski definition) is 3. The van der Waals surface area contributed by atoms with Gasteiger partial charge in [-0.2, -0.15) is 5.26 Å². The summed E-state index contributed by atoms with van der Waals surface area (Å²) in [5.74, 6) is 0.500. The summed E-state index contributed by atoms with van der Waals surface area (Å²) in [6.07, 6.45) is 0.437. The van der Waals surface area contributed by atoms with E-state index in [2.05, 4.69) is 9.97 Å². The Morgan fingerprint density at radius 3 is 2.63 bits per heavy atom. The normalized spacial score (nSPS) is 13.2. The molecule has 0 aliphatic rings. The van der Waals surface area contributed by atoms with Crippen molar-refractivity contribution in [3.63, 3.8) is 0 Å². The second-order valence-corrected chi connectivity index (χ2v) is 5.77. The number of allylic oxidation sites excluding steroid dienone is 2. The molecule has 4 heteroatoms. The maximum Gasteiger partial charge on any atom is 0.152 e. The van der Waals surface area contributed by atoms with Crippen LogP contribution < -0.4 is 0 Å². The third-order valence-corrected chi connectivity index (χ3v) is 2.72. The van der Waals surface area contributed by atoms with Crippen LogP contribution in [0.3, 0.4) is 0 Å². The molecule has 1 heterocycles. The summed E-state index contributed by atoms with van der Waals surface area (Å²) in [6.45, 7) is 6.03. The lowest BCUT2D eigenvalue weighted by molar-refractivity contribution is 0.307. The number of para-hydroxylation sites is 2. The number of aromatic nitrogens is 2. The van der Waals surface area contributed by atoms with Crippen LogP contribution >= 0.6 is 0 Å². The molecule has 2 N–H and O–H groups in total. The fourth-order valence-electron chi connectivity index (χ4n) is 1.92. The first-order valence-electron chi connectivity index (χ1n) is 6.18. The number of aromatic amines is 1. The van der Waals surface area contributed by atoms with Crippen LogP contribution in [0.1, 0.15) is 33.0 Å². The van der Waals surface area contributed by atoms with E-state index in [-0.39, 0.29) is 16.7 Å². The van der Waals surface area contributed by atoms with Gasteiger partial charge in [0.05, 0.1) is 11.0 Å². The van der Waals surface area contributed by atoms with Crippen LogP contribution in [0.2, 0.25) is 0 Å². The molecule has 0 saturated heterocycles. The number of rotatable bonds is 2. The second kappa shape index (κ2) is 4.77.